The first kappa shape index (κ1) is 66.4. The molecule has 10 aromatic heterocycles. The Morgan fingerprint density at radius 2 is 0.287 bits per heavy atom. The second kappa shape index (κ2) is 25.4. The second-order valence-corrected chi connectivity index (χ2v) is 32.0. The van der Waals surface area contributed by atoms with Crippen molar-refractivity contribution in [3.63, 3.8) is 0 Å². The van der Waals surface area contributed by atoms with E-state index in [4.69, 9.17) is 19.9 Å². The van der Waals surface area contributed by atoms with E-state index in [1.807, 2.05) is 0 Å². The number of hydrogen-bond acceptors (Lipinski definition) is 4. The summed E-state index contributed by atoms with van der Waals surface area (Å²) in [7, 11) is 0. The molecular formula is C110H66N12. The molecule has 0 saturated carbocycles. The van der Waals surface area contributed by atoms with Crippen LogP contribution in [0.1, 0.15) is 0 Å². The van der Waals surface area contributed by atoms with Crippen molar-refractivity contribution in [3.05, 3.63) is 400 Å². The maximum atomic E-state index is 5.98. The van der Waals surface area contributed by atoms with Gasteiger partial charge in [0.25, 0.3) is 0 Å². The number of aromatic nitrogens is 12. The van der Waals surface area contributed by atoms with E-state index in [-0.39, 0.29) is 0 Å². The molecule has 27 aromatic rings. The molecule has 10 heterocycles. The first-order valence-corrected chi connectivity index (χ1v) is 41.5. The highest BCUT2D eigenvalue weighted by atomic mass is 15.2. The van der Waals surface area contributed by atoms with Gasteiger partial charge in [-0.15, -0.1) is 0 Å². The molecule has 0 bridgehead atoms. The van der Waals surface area contributed by atoms with E-state index in [1.165, 1.54) is 0 Å². The fraction of sp³-hybridized carbons (Fsp3) is 0. The highest BCUT2D eigenvalue weighted by Gasteiger charge is 2.30. The molecule has 0 aliphatic heterocycles. The second-order valence-electron chi connectivity index (χ2n) is 32.0. The molecule has 0 amide bonds. The number of hydrogen-bond donors (Lipinski definition) is 0. The van der Waals surface area contributed by atoms with Crippen LogP contribution in [0, 0.1) is 0 Å². The van der Waals surface area contributed by atoms with E-state index >= 15 is 0 Å². The van der Waals surface area contributed by atoms with Crippen molar-refractivity contribution in [1.29, 1.82) is 0 Å². The molecule has 0 fully saturated rings. The minimum atomic E-state index is 0.536. The van der Waals surface area contributed by atoms with Gasteiger partial charge in [-0.25, -0.2) is 19.9 Å². The van der Waals surface area contributed by atoms with E-state index in [1.54, 1.807) is 0 Å². The maximum Gasteiger partial charge on any atom is 0.163 e. The van der Waals surface area contributed by atoms with E-state index in [9.17, 15) is 0 Å². The fourth-order valence-electron chi connectivity index (χ4n) is 20.7. The van der Waals surface area contributed by atoms with Crippen LogP contribution in [-0.2, 0) is 0 Å². The zero-order chi connectivity index (χ0) is 79.5. The summed E-state index contributed by atoms with van der Waals surface area (Å²) in [6.07, 6.45) is 0. The van der Waals surface area contributed by atoms with Gasteiger partial charge in [0.2, 0.25) is 0 Å². The van der Waals surface area contributed by atoms with Crippen LogP contribution in [0.25, 0.3) is 243 Å². The molecule has 566 valence electrons. The predicted molar refractivity (Wildman–Crippen MR) is 503 cm³/mol. The number of fused-ring (bicyclic) bond motifs is 28. The zero-order valence-electron chi connectivity index (χ0n) is 65.5. The van der Waals surface area contributed by atoms with Crippen molar-refractivity contribution in [2.24, 2.45) is 0 Å². The van der Waals surface area contributed by atoms with Gasteiger partial charge in [-0.3, -0.25) is 18.3 Å². The molecule has 12 nitrogen and oxygen atoms in total. The maximum absolute atomic E-state index is 5.98. The van der Waals surface area contributed by atoms with Crippen molar-refractivity contribution in [2.75, 3.05) is 0 Å². The molecule has 0 aliphatic rings. The minimum Gasteiger partial charge on any atom is -0.307 e. The van der Waals surface area contributed by atoms with Gasteiger partial charge in [0, 0.05) is 132 Å². The summed E-state index contributed by atoms with van der Waals surface area (Å²) in [6, 6.07) is 145. The van der Waals surface area contributed by atoms with Gasteiger partial charge in [-0.2, -0.15) is 0 Å². The van der Waals surface area contributed by atoms with Crippen LogP contribution in [0.5, 0.6) is 0 Å². The fourth-order valence-corrected chi connectivity index (χ4v) is 20.7. The summed E-state index contributed by atoms with van der Waals surface area (Å²) in [4.78, 5) is 23.9. The van der Waals surface area contributed by atoms with Gasteiger partial charge in [0.05, 0.1) is 88.3 Å². The number of para-hydroxylation sites is 12. The van der Waals surface area contributed by atoms with E-state index in [0.717, 1.165) is 208 Å². The standard InChI is InChI=1S/C110H66N12/c1-5-29-69(30-6-1)115-89-45-21-13-37-73(89)81-57-61-85-77-41-17-25-49-93(77)119(105(85)101(81)115)97-65-98(120-94-50-26-18-42-78(94)86-62-58-82-74-38-14-22-46-90(74)116(102(82)106(86)120)70-31-7-2-8-32-70)112-109(111-97)67-53-55-68(56-54-67)110-113-99(121-95-51-27-19-43-79(95)87-63-59-83-75-39-15-23-47-91(75)117(103(83)107(87)121)71-33-9-3-10-34-71)66-100(114-110)122-96-52-28-20-44-80(96)88-64-60-84-76-40-16-24-48-92(76)118(104(84)108(88)122)72-35-11-4-12-36-72/h1-66H. The third-order valence-electron chi connectivity index (χ3n) is 25.6. The SMILES string of the molecule is c1ccc(-n2c3ccccc3c3ccc4c5ccccc5n(-c5cc(-n6c7ccccc7c7ccc8c9ccccc9n(-c9ccccc9)c8c76)nc(-c6ccc(-c7nc(-n8c9ccccc9c9ccc%10c%11ccccc%11n(-c%11ccccc%11)c%10c98)cc(-n8c9ccccc9c9ccc%10c%11ccccc%11n(-c%11ccccc%11)c%10c98)n7)cc6)n5)c4c32)cc1. The Balaban J connectivity index is 0.750. The normalized spacial score (nSPS) is 12.3. The van der Waals surface area contributed by atoms with Crippen LogP contribution in [0.3, 0.4) is 0 Å². The van der Waals surface area contributed by atoms with Gasteiger partial charge in [0.15, 0.2) is 11.6 Å². The summed E-state index contributed by atoms with van der Waals surface area (Å²) in [5, 5.41) is 18.1. The zero-order valence-corrected chi connectivity index (χ0v) is 65.5. The molecule has 0 aliphatic carbocycles. The van der Waals surface area contributed by atoms with E-state index in [0.29, 0.717) is 34.9 Å². The van der Waals surface area contributed by atoms with Crippen molar-refractivity contribution < 1.29 is 0 Å². The lowest BCUT2D eigenvalue weighted by Gasteiger charge is -2.17. The lowest BCUT2D eigenvalue weighted by Crippen LogP contribution is -2.08. The molecule has 0 unspecified atom stereocenters. The molecule has 122 heavy (non-hydrogen) atoms. The Morgan fingerprint density at radius 3 is 0.475 bits per heavy atom. The summed E-state index contributed by atoms with van der Waals surface area (Å²) < 4.78 is 19.4. The third-order valence-corrected chi connectivity index (χ3v) is 25.6. The average molecular weight is 1560 g/mol. The Bertz CT molecular complexity index is 8100. The lowest BCUT2D eigenvalue weighted by molar-refractivity contribution is 0.990. The van der Waals surface area contributed by atoms with Crippen LogP contribution >= 0.6 is 0 Å². The van der Waals surface area contributed by atoms with Crippen molar-refractivity contribution in [3.8, 4) is 68.8 Å². The highest BCUT2D eigenvalue weighted by molar-refractivity contribution is 6.28. The molecule has 17 aromatic carbocycles. The smallest absolute Gasteiger partial charge is 0.163 e. The van der Waals surface area contributed by atoms with Crippen LogP contribution in [0.4, 0.5) is 0 Å². The predicted octanol–water partition coefficient (Wildman–Crippen LogP) is 27.4. The van der Waals surface area contributed by atoms with Gasteiger partial charge < -0.3 is 18.3 Å². The topological polar surface area (TPSA) is 91.0 Å². The van der Waals surface area contributed by atoms with Crippen molar-refractivity contribution in [2.45, 2.75) is 0 Å². The van der Waals surface area contributed by atoms with Crippen molar-refractivity contribution >= 4 is 174 Å². The Labute approximate surface area is 695 Å². The summed E-state index contributed by atoms with van der Waals surface area (Å²) in [5.74, 6) is 3.90. The molecule has 0 radical (unpaired) electrons. The van der Waals surface area contributed by atoms with Crippen LogP contribution in [-0.4, -0.2) is 56.5 Å². The van der Waals surface area contributed by atoms with Crippen LogP contribution < -0.4 is 0 Å². The molecule has 0 N–H and O–H groups in total. The third kappa shape index (κ3) is 9.28. The summed E-state index contributed by atoms with van der Waals surface area (Å²) in [5.41, 5.74) is 22.9. The van der Waals surface area contributed by atoms with Crippen LogP contribution in [0.15, 0.2) is 400 Å². The van der Waals surface area contributed by atoms with E-state index < -0.39 is 0 Å². The molecule has 0 saturated heterocycles. The van der Waals surface area contributed by atoms with Crippen LogP contribution in [0.2, 0.25) is 0 Å². The summed E-state index contributed by atoms with van der Waals surface area (Å²) >= 11 is 0. The van der Waals surface area contributed by atoms with Gasteiger partial charge in [-0.1, -0.05) is 291 Å². The number of benzene rings is 17. The first-order valence-electron chi connectivity index (χ1n) is 41.5. The Hall–Kier alpha value is -16.7. The quantitative estimate of drug-likeness (QED) is 0.136. The molecule has 12 heteroatoms. The van der Waals surface area contributed by atoms with Gasteiger partial charge in [-0.05, 0) is 97.1 Å². The Kier molecular flexibility index (Phi) is 13.8. The highest BCUT2D eigenvalue weighted by Crippen LogP contribution is 2.49. The minimum absolute atomic E-state index is 0.536. The molecule has 27 rings (SSSR count). The molecule has 0 spiro atoms. The lowest BCUT2D eigenvalue weighted by atomic mass is 10.1. The Morgan fingerprint density at radius 1 is 0.131 bits per heavy atom. The van der Waals surface area contributed by atoms with E-state index in [2.05, 4.69) is 437 Å². The largest absolute Gasteiger partial charge is 0.307 e. The van der Waals surface area contributed by atoms with Gasteiger partial charge in [0.1, 0.15) is 23.3 Å². The van der Waals surface area contributed by atoms with Gasteiger partial charge >= 0.3 is 0 Å². The average Bonchev–Trinajstić information content (AvgIpc) is 1.54. The van der Waals surface area contributed by atoms with Crippen molar-refractivity contribution in [1.82, 2.24) is 56.5 Å². The number of rotatable bonds is 10. The number of nitrogens with zero attached hydrogens (tertiary/aromatic N) is 12. The summed E-state index contributed by atoms with van der Waals surface area (Å²) in [6.45, 7) is 0. The monoisotopic (exact) mass is 1550 g/mol. The molecule has 0 atom stereocenters. The first-order chi connectivity index (χ1) is 60.6. The molecular weight excluding hydrogens is 1490 g/mol.